The zero-order valence-corrected chi connectivity index (χ0v) is 10.4. The van der Waals surface area contributed by atoms with E-state index in [-0.39, 0.29) is 6.61 Å². The quantitative estimate of drug-likeness (QED) is 0.829. The molecular formula is C14H21NO2. The summed E-state index contributed by atoms with van der Waals surface area (Å²) >= 11 is 0. The minimum Gasteiger partial charge on any atom is -0.395 e. The molecule has 0 aromatic heterocycles. The van der Waals surface area contributed by atoms with E-state index in [1.807, 2.05) is 24.3 Å². The fraction of sp³-hybridized carbons (Fsp3) is 0.571. The second kappa shape index (κ2) is 5.17. The van der Waals surface area contributed by atoms with Crippen LogP contribution in [-0.4, -0.2) is 41.4 Å². The largest absolute Gasteiger partial charge is 0.395 e. The molecule has 0 unspecified atom stereocenters. The number of nitrogens with zero attached hydrogens (tertiary/aromatic N) is 1. The molecule has 94 valence electrons. The van der Waals surface area contributed by atoms with Crippen LogP contribution < -0.4 is 0 Å². The Balaban J connectivity index is 2.04. The van der Waals surface area contributed by atoms with Gasteiger partial charge in [0.2, 0.25) is 0 Å². The van der Waals surface area contributed by atoms with Gasteiger partial charge in [0.1, 0.15) is 0 Å². The molecule has 1 aromatic carbocycles. The molecule has 1 heterocycles. The Morgan fingerprint density at radius 1 is 1.18 bits per heavy atom. The monoisotopic (exact) mass is 235 g/mol. The number of likely N-dealkylation sites (tertiary alicyclic amines) is 1. The Labute approximate surface area is 103 Å². The summed E-state index contributed by atoms with van der Waals surface area (Å²) < 4.78 is 0. The van der Waals surface area contributed by atoms with Gasteiger partial charge in [0.05, 0.1) is 12.2 Å². The predicted octanol–water partition coefficient (Wildman–Crippen LogP) is 1.27. The number of aryl methyl sites for hydroxylation is 1. The lowest BCUT2D eigenvalue weighted by atomic mass is 9.84. The van der Waals surface area contributed by atoms with E-state index in [9.17, 15) is 5.11 Å². The highest BCUT2D eigenvalue weighted by Crippen LogP contribution is 2.32. The van der Waals surface area contributed by atoms with Crippen LogP contribution in [0.25, 0.3) is 0 Å². The van der Waals surface area contributed by atoms with Crippen molar-refractivity contribution >= 4 is 0 Å². The fourth-order valence-corrected chi connectivity index (χ4v) is 2.44. The molecule has 1 saturated heterocycles. The second-order valence-corrected chi connectivity index (χ2v) is 4.96. The van der Waals surface area contributed by atoms with Crippen molar-refractivity contribution in [3.05, 3.63) is 35.4 Å². The summed E-state index contributed by atoms with van der Waals surface area (Å²) in [5.74, 6) is 0. The van der Waals surface area contributed by atoms with Gasteiger partial charge in [-0.1, -0.05) is 29.8 Å². The fourth-order valence-electron chi connectivity index (χ4n) is 2.44. The molecule has 0 aliphatic carbocycles. The standard InChI is InChI=1S/C14H21NO2/c1-12-2-4-13(5-3-12)14(17)6-8-15(9-7-14)10-11-16/h2-5,16-17H,6-11H2,1H3. The number of piperidine rings is 1. The van der Waals surface area contributed by atoms with Gasteiger partial charge in [0.15, 0.2) is 0 Å². The first-order valence-corrected chi connectivity index (χ1v) is 6.27. The van der Waals surface area contributed by atoms with Crippen molar-refractivity contribution in [1.82, 2.24) is 4.90 Å². The molecular weight excluding hydrogens is 214 g/mol. The van der Waals surface area contributed by atoms with Crippen molar-refractivity contribution in [1.29, 1.82) is 0 Å². The number of β-amino-alcohol motifs (C(OH)–C–C–N with tert-alkyl or cyclic N) is 1. The summed E-state index contributed by atoms with van der Waals surface area (Å²) in [5, 5.41) is 19.5. The number of benzene rings is 1. The third-order valence-electron chi connectivity index (χ3n) is 3.69. The zero-order chi connectivity index (χ0) is 12.3. The van der Waals surface area contributed by atoms with Crippen molar-refractivity contribution in [2.24, 2.45) is 0 Å². The SMILES string of the molecule is Cc1ccc(C2(O)CCN(CCO)CC2)cc1. The molecule has 3 nitrogen and oxygen atoms in total. The zero-order valence-electron chi connectivity index (χ0n) is 10.4. The molecule has 1 aliphatic heterocycles. The van der Waals surface area contributed by atoms with E-state index in [0.717, 1.165) is 31.5 Å². The number of rotatable bonds is 3. The molecule has 0 amide bonds. The molecule has 0 atom stereocenters. The van der Waals surface area contributed by atoms with Crippen LogP contribution in [0, 0.1) is 6.92 Å². The highest BCUT2D eigenvalue weighted by Gasteiger charge is 2.33. The Kier molecular flexibility index (Phi) is 3.82. The first-order valence-electron chi connectivity index (χ1n) is 6.27. The normalized spacial score (nSPS) is 20.4. The maximum absolute atomic E-state index is 10.6. The molecule has 1 fully saturated rings. The van der Waals surface area contributed by atoms with Gasteiger partial charge in [-0.05, 0) is 25.3 Å². The average Bonchev–Trinajstić information content (AvgIpc) is 2.33. The van der Waals surface area contributed by atoms with E-state index in [4.69, 9.17) is 5.11 Å². The van der Waals surface area contributed by atoms with Gasteiger partial charge >= 0.3 is 0 Å². The van der Waals surface area contributed by atoms with Crippen LogP contribution in [0.3, 0.4) is 0 Å². The molecule has 0 bridgehead atoms. The highest BCUT2D eigenvalue weighted by molar-refractivity contribution is 5.27. The van der Waals surface area contributed by atoms with Crippen LogP contribution in [0.4, 0.5) is 0 Å². The van der Waals surface area contributed by atoms with Gasteiger partial charge in [0.25, 0.3) is 0 Å². The summed E-state index contributed by atoms with van der Waals surface area (Å²) in [6.45, 7) is 4.67. The van der Waals surface area contributed by atoms with Gasteiger partial charge in [-0.25, -0.2) is 0 Å². The smallest absolute Gasteiger partial charge is 0.0920 e. The Hall–Kier alpha value is -0.900. The van der Waals surface area contributed by atoms with E-state index < -0.39 is 5.60 Å². The summed E-state index contributed by atoms with van der Waals surface area (Å²) in [6.07, 6.45) is 1.49. The minimum absolute atomic E-state index is 0.197. The van der Waals surface area contributed by atoms with Crippen LogP contribution in [-0.2, 0) is 5.60 Å². The number of hydrogen-bond acceptors (Lipinski definition) is 3. The third-order valence-corrected chi connectivity index (χ3v) is 3.69. The number of aliphatic hydroxyl groups excluding tert-OH is 1. The van der Waals surface area contributed by atoms with Crippen LogP contribution in [0.15, 0.2) is 24.3 Å². The maximum atomic E-state index is 10.6. The summed E-state index contributed by atoms with van der Waals surface area (Å²) in [7, 11) is 0. The predicted molar refractivity (Wildman–Crippen MR) is 67.8 cm³/mol. The topological polar surface area (TPSA) is 43.7 Å². The lowest BCUT2D eigenvalue weighted by Crippen LogP contribution is -2.43. The van der Waals surface area contributed by atoms with Crippen molar-refractivity contribution in [3.8, 4) is 0 Å². The first kappa shape index (κ1) is 12.6. The molecule has 1 aliphatic rings. The molecule has 3 heteroatoms. The average molecular weight is 235 g/mol. The van der Waals surface area contributed by atoms with Gasteiger partial charge in [-0.3, -0.25) is 0 Å². The van der Waals surface area contributed by atoms with E-state index >= 15 is 0 Å². The molecule has 2 rings (SSSR count). The lowest BCUT2D eigenvalue weighted by molar-refractivity contribution is -0.0284. The molecule has 0 saturated carbocycles. The molecule has 17 heavy (non-hydrogen) atoms. The van der Waals surface area contributed by atoms with Crippen LogP contribution in [0.5, 0.6) is 0 Å². The lowest BCUT2D eigenvalue weighted by Gasteiger charge is -2.38. The van der Waals surface area contributed by atoms with Crippen LogP contribution in [0.2, 0.25) is 0 Å². The van der Waals surface area contributed by atoms with E-state index in [1.54, 1.807) is 0 Å². The first-order chi connectivity index (χ1) is 8.14. The van der Waals surface area contributed by atoms with Gasteiger partial charge < -0.3 is 15.1 Å². The van der Waals surface area contributed by atoms with Crippen molar-refractivity contribution in [2.45, 2.75) is 25.4 Å². The summed E-state index contributed by atoms with van der Waals surface area (Å²) in [5.41, 5.74) is 1.56. The highest BCUT2D eigenvalue weighted by atomic mass is 16.3. The molecule has 0 spiro atoms. The Morgan fingerprint density at radius 2 is 1.76 bits per heavy atom. The third kappa shape index (κ3) is 2.86. The van der Waals surface area contributed by atoms with Crippen LogP contribution >= 0.6 is 0 Å². The van der Waals surface area contributed by atoms with Gasteiger partial charge in [-0.15, -0.1) is 0 Å². The van der Waals surface area contributed by atoms with Crippen molar-refractivity contribution in [3.63, 3.8) is 0 Å². The number of aliphatic hydroxyl groups is 2. The molecule has 0 radical (unpaired) electrons. The van der Waals surface area contributed by atoms with E-state index in [0.29, 0.717) is 6.54 Å². The van der Waals surface area contributed by atoms with Crippen molar-refractivity contribution in [2.75, 3.05) is 26.2 Å². The van der Waals surface area contributed by atoms with E-state index in [2.05, 4.69) is 11.8 Å². The maximum Gasteiger partial charge on any atom is 0.0920 e. The molecule has 2 N–H and O–H groups in total. The van der Waals surface area contributed by atoms with Gasteiger partial charge in [-0.2, -0.15) is 0 Å². The van der Waals surface area contributed by atoms with Gasteiger partial charge in [0, 0.05) is 19.6 Å². The minimum atomic E-state index is -0.681. The summed E-state index contributed by atoms with van der Waals surface area (Å²) in [6, 6.07) is 8.15. The Bertz CT molecular complexity index is 353. The molecule has 1 aromatic rings. The second-order valence-electron chi connectivity index (χ2n) is 4.96. The van der Waals surface area contributed by atoms with Crippen molar-refractivity contribution < 1.29 is 10.2 Å². The van der Waals surface area contributed by atoms with Crippen LogP contribution in [0.1, 0.15) is 24.0 Å². The summed E-state index contributed by atoms with van der Waals surface area (Å²) in [4.78, 5) is 2.20. The van der Waals surface area contributed by atoms with E-state index in [1.165, 1.54) is 5.56 Å². The Morgan fingerprint density at radius 3 is 2.29 bits per heavy atom. The number of hydrogen-bond donors (Lipinski definition) is 2.